The highest BCUT2D eigenvalue weighted by atomic mass is 16.5. The van der Waals surface area contributed by atoms with Crippen LogP contribution in [-0.2, 0) is 20.9 Å². The molecule has 136 valence electrons. The standard InChI is InChI=1S/C19H27N3O3/c1-3-19(4-2)14-21(9-10-25-19)18(24)15-11-17(23)22(12-15)13-16-7-5-6-8-20-16/h5-8,15H,3-4,9-14H2,1-2H3/t15-/m0/s1. The average molecular weight is 345 g/mol. The van der Waals surface area contributed by atoms with Crippen molar-refractivity contribution in [3.8, 4) is 0 Å². The van der Waals surface area contributed by atoms with E-state index < -0.39 is 0 Å². The van der Waals surface area contributed by atoms with E-state index in [4.69, 9.17) is 4.74 Å². The molecule has 0 saturated carbocycles. The molecule has 6 nitrogen and oxygen atoms in total. The van der Waals surface area contributed by atoms with E-state index in [-0.39, 0.29) is 23.3 Å². The van der Waals surface area contributed by atoms with Gasteiger partial charge in [-0.2, -0.15) is 0 Å². The van der Waals surface area contributed by atoms with E-state index >= 15 is 0 Å². The minimum atomic E-state index is -0.249. The Morgan fingerprint density at radius 2 is 2.16 bits per heavy atom. The van der Waals surface area contributed by atoms with Crippen molar-refractivity contribution in [3.05, 3.63) is 30.1 Å². The maximum Gasteiger partial charge on any atom is 0.228 e. The number of nitrogens with zero attached hydrogens (tertiary/aromatic N) is 3. The fraction of sp³-hybridized carbons (Fsp3) is 0.632. The van der Waals surface area contributed by atoms with E-state index in [2.05, 4.69) is 18.8 Å². The molecule has 1 aromatic heterocycles. The summed E-state index contributed by atoms with van der Waals surface area (Å²) >= 11 is 0. The van der Waals surface area contributed by atoms with Crippen molar-refractivity contribution in [1.82, 2.24) is 14.8 Å². The number of hydrogen-bond acceptors (Lipinski definition) is 4. The summed E-state index contributed by atoms with van der Waals surface area (Å²) in [6, 6.07) is 5.67. The molecule has 6 heteroatoms. The molecule has 3 rings (SSSR count). The van der Waals surface area contributed by atoms with Crippen LogP contribution in [0, 0.1) is 5.92 Å². The number of carbonyl (C=O) groups is 2. The van der Waals surface area contributed by atoms with Crippen LogP contribution >= 0.6 is 0 Å². The van der Waals surface area contributed by atoms with Crippen LogP contribution in [0.4, 0.5) is 0 Å². The number of likely N-dealkylation sites (tertiary alicyclic amines) is 1. The van der Waals surface area contributed by atoms with Gasteiger partial charge in [-0.3, -0.25) is 14.6 Å². The fourth-order valence-electron chi connectivity index (χ4n) is 3.75. The first kappa shape index (κ1) is 17.9. The number of rotatable bonds is 5. The van der Waals surface area contributed by atoms with Crippen molar-refractivity contribution in [2.24, 2.45) is 5.92 Å². The number of pyridine rings is 1. The van der Waals surface area contributed by atoms with Crippen LogP contribution in [0.5, 0.6) is 0 Å². The summed E-state index contributed by atoms with van der Waals surface area (Å²) in [7, 11) is 0. The van der Waals surface area contributed by atoms with E-state index in [1.54, 1.807) is 11.1 Å². The Bertz CT molecular complexity index is 616. The van der Waals surface area contributed by atoms with Crippen LogP contribution in [0.3, 0.4) is 0 Å². The molecular weight excluding hydrogens is 318 g/mol. The molecule has 0 aromatic carbocycles. The maximum atomic E-state index is 12.9. The first-order chi connectivity index (χ1) is 12.1. The minimum Gasteiger partial charge on any atom is -0.371 e. The molecule has 1 aromatic rings. The van der Waals surface area contributed by atoms with E-state index in [0.29, 0.717) is 39.2 Å². The van der Waals surface area contributed by atoms with E-state index in [9.17, 15) is 9.59 Å². The normalized spacial score (nSPS) is 23.1. The quantitative estimate of drug-likeness (QED) is 0.817. The van der Waals surface area contributed by atoms with Crippen molar-refractivity contribution < 1.29 is 14.3 Å². The number of hydrogen-bond donors (Lipinski definition) is 0. The summed E-state index contributed by atoms with van der Waals surface area (Å²) in [5.74, 6) is -0.123. The van der Waals surface area contributed by atoms with Gasteiger partial charge >= 0.3 is 0 Å². The van der Waals surface area contributed by atoms with Crippen LogP contribution in [0.2, 0.25) is 0 Å². The molecule has 2 amide bonds. The van der Waals surface area contributed by atoms with Gasteiger partial charge in [0, 0.05) is 32.3 Å². The Labute approximate surface area is 149 Å². The predicted octanol–water partition coefficient (Wildman–Crippen LogP) is 1.85. The average Bonchev–Trinajstić information content (AvgIpc) is 3.02. The Morgan fingerprint density at radius 3 is 2.84 bits per heavy atom. The molecule has 0 N–H and O–H groups in total. The van der Waals surface area contributed by atoms with Gasteiger partial charge in [0.25, 0.3) is 0 Å². The lowest BCUT2D eigenvalue weighted by atomic mass is 9.94. The number of carbonyl (C=O) groups excluding carboxylic acids is 2. The van der Waals surface area contributed by atoms with Crippen molar-refractivity contribution >= 4 is 11.8 Å². The number of ether oxygens (including phenoxy) is 1. The number of morpholine rings is 1. The molecule has 25 heavy (non-hydrogen) atoms. The SMILES string of the molecule is CCC1(CC)CN(C(=O)[C@H]2CC(=O)N(Cc3ccccn3)C2)CCO1. The zero-order valence-corrected chi connectivity index (χ0v) is 15.1. The van der Waals surface area contributed by atoms with Gasteiger partial charge in [0.05, 0.1) is 30.4 Å². The number of amides is 2. The molecule has 3 heterocycles. The molecule has 0 spiro atoms. The summed E-state index contributed by atoms with van der Waals surface area (Å²) in [4.78, 5) is 33.2. The van der Waals surface area contributed by atoms with Crippen LogP contribution < -0.4 is 0 Å². The Morgan fingerprint density at radius 1 is 1.36 bits per heavy atom. The molecule has 0 aliphatic carbocycles. The third kappa shape index (κ3) is 3.84. The predicted molar refractivity (Wildman–Crippen MR) is 93.6 cm³/mol. The molecular formula is C19H27N3O3. The molecule has 0 radical (unpaired) electrons. The Hall–Kier alpha value is -1.95. The Balaban J connectivity index is 1.62. The smallest absolute Gasteiger partial charge is 0.228 e. The van der Waals surface area contributed by atoms with Gasteiger partial charge in [-0.25, -0.2) is 0 Å². The van der Waals surface area contributed by atoms with Gasteiger partial charge in [-0.1, -0.05) is 19.9 Å². The maximum absolute atomic E-state index is 12.9. The van der Waals surface area contributed by atoms with Crippen LogP contribution in [0.1, 0.15) is 38.8 Å². The molecule has 0 unspecified atom stereocenters. The molecule has 2 aliphatic rings. The first-order valence-corrected chi connectivity index (χ1v) is 9.17. The highest BCUT2D eigenvalue weighted by Crippen LogP contribution is 2.28. The number of aromatic nitrogens is 1. The monoisotopic (exact) mass is 345 g/mol. The summed E-state index contributed by atoms with van der Waals surface area (Å²) in [6.07, 6.45) is 3.81. The van der Waals surface area contributed by atoms with Crippen molar-refractivity contribution in [2.75, 3.05) is 26.2 Å². The minimum absolute atomic E-state index is 0.0366. The van der Waals surface area contributed by atoms with Gasteiger partial charge in [0.2, 0.25) is 11.8 Å². The molecule has 2 saturated heterocycles. The second kappa shape index (κ2) is 7.52. The topological polar surface area (TPSA) is 62.7 Å². The third-order valence-electron chi connectivity index (χ3n) is 5.49. The van der Waals surface area contributed by atoms with Crippen LogP contribution in [0.25, 0.3) is 0 Å². The van der Waals surface area contributed by atoms with Crippen LogP contribution in [0.15, 0.2) is 24.4 Å². The molecule has 2 aliphatic heterocycles. The van der Waals surface area contributed by atoms with Gasteiger partial charge in [0.1, 0.15) is 0 Å². The van der Waals surface area contributed by atoms with Gasteiger partial charge in [-0.05, 0) is 25.0 Å². The zero-order valence-electron chi connectivity index (χ0n) is 15.1. The second-order valence-corrected chi connectivity index (χ2v) is 6.99. The largest absolute Gasteiger partial charge is 0.371 e. The van der Waals surface area contributed by atoms with Crippen LogP contribution in [-0.4, -0.2) is 58.4 Å². The zero-order chi connectivity index (χ0) is 17.9. The van der Waals surface area contributed by atoms with Crippen molar-refractivity contribution in [2.45, 2.75) is 45.3 Å². The molecule has 1 atom stereocenters. The van der Waals surface area contributed by atoms with Crippen molar-refractivity contribution in [3.63, 3.8) is 0 Å². The molecule has 2 fully saturated rings. The fourth-order valence-corrected chi connectivity index (χ4v) is 3.75. The summed E-state index contributed by atoms with van der Waals surface area (Å²) in [5.41, 5.74) is 0.621. The van der Waals surface area contributed by atoms with Gasteiger partial charge < -0.3 is 14.5 Å². The van der Waals surface area contributed by atoms with E-state index in [1.807, 2.05) is 23.1 Å². The molecule has 0 bridgehead atoms. The van der Waals surface area contributed by atoms with Gasteiger partial charge in [0.15, 0.2) is 0 Å². The highest BCUT2D eigenvalue weighted by Gasteiger charge is 2.41. The van der Waals surface area contributed by atoms with E-state index in [1.165, 1.54) is 0 Å². The second-order valence-electron chi connectivity index (χ2n) is 6.99. The lowest BCUT2D eigenvalue weighted by molar-refractivity contribution is -0.155. The highest BCUT2D eigenvalue weighted by molar-refractivity contribution is 5.89. The first-order valence-electron chi connectivity index (χ1n) is 9.17. The van der Waals surface area contributed by atoms with E-state index in [0.717, 1.165) is 18.5 Å². The lowest BCUT2D eigenvalue weighted by Crippen LogP contribution is -2.54. The summed E-state index contributed by atoms with van der Waals surface area (Å²) in [6.45, 7) is 6.98. The lowest BCUT2D eigenvalue weighted by Gasteiger charge is -2.42. The van der Waals surface area contributed by atoms with Crippen molar-refractivity contribution in [1.29, 1.82) is 0 Å². The Kier molecular flexibility index (Phi) is 5.37. The summed E-state index contributed by atoms with van der Waals surface area (Å²) in [5, 5.41) is 0. The van der Waals surface area contributed by atoms with Gasteiger partial charge in [-0.15, -0.1) is 0 Å². The summed E-state index contributed by atoms with van der Waals surface area (Å²) < 4.78 is 5.95. The third-order valence-corrected chi connectivity index (χ3v) is 5.49.